The van der Waals surface area contributed by atoms with Crippen LogP contribution in [0, 0.1) is 11.8 Å². The number of ether oxygens (including phenoxy) is 2. The normalized spacial score (nSPS) is 26.3. The SMILES string of the molecule is C=CCN(Cn1nnc2ccccc21)C(=O)C1N(CCO)C(=O)[C@@H]2[C@@H](C(=O)N(CC=C)c3ccc(OCC)cc3)[C@@]3(C)CCC12O3. The second-order valence-electron chi connectivity index (χ2n) is 12.2. The lowest BCUT2D eigenvalue weighted by atomic mass is 9.66. The van der Waals surface area contributed by atoms with Crippen LogP contribution in [0.1, 0.15) is 26.7 Å². The number of carbonyl (C=O) groups excluding carboxylic acids is 3. The number of carbonyl (C=O) groups is 3. The Kier molecular flexibility index (Phi) is 8.43. The van der Waals surface area contributed by atoms with Crippen LogP contribution in [-0.2, 0) is 25.8 Å². The summed E-state index contributed by atoms with van der Waals surface area (Å²) in [5, 5.41) is 18.5. The number of amides is 3. The Bertz CT molecular complexity index is 1660. The highest BCUT2D eigenvalue weighted by Crippen LogP contribution is 2.63. The fourth-order valence-electron chi connectivity index (χ4n) is 7.67. The van der Waals surface area contributed by atoms with Crippen LogP contribution in [0.2, 0.25) is 0 Å². The van der Waals surface area contributed by atoms with Crippen LogP contribution in [0.5, 0.6) is 5.75 Å². The van der Waals surface area contributed by atoms with Gasteiger partial charge in [0, 0.05) is 25.3 Å². The lowest BCUT2D eigenvalue weighted by Gasteiger charge is -2.36. The van der Waals surface area contributed by atoms with Crippen LogP contribution < -0.4 is 9.64 Å². The molecule has 1 N–H and O–H groups in total. The minimum absolute atomic E-state index is 0.0637. The van der Waals surface area contributed by atoms with Gasteiger partial charge in [-0.25, -0.2) is 4.68 Å². The van der Waals surface area contributed by atoms with Crippen LogP contribution in [0.4, 0.5) is 5.69 Å². The van der Waals surface area contributed by atoms with Crippen LogP contribution in [0.15, 0.2) is 73.8 Å². The van der Waals surface area contributed by atoms with Crippen molar-refractivity contribution < 1.29 is 29.0 Å². The molecule has 46 heavy (non-hydrogen) atoms. The Morgan fingerprint density at radius 1 is 1.11 bits per heavy atom. The molecule has 12 heteroatoms. The highest BCUT2D eigenvalue weighted by Gasteiger charge is 2.78. The van der Waals surface area contributed by atoms with Gasteiger partial charge in [0.2, 0.25) is 17.7 Å². The van der Waals surface area contributed by atoms with Gasteiger partial charge in [-0.2, -0.15) is 0 Å². The van der Waals surface area contributed by atoms with Crippen molar-refractivity contribution in [1.29, 1.82) is 0 Å². The molecule has 6 rings (SSSR count). The maximum absolute atomic E-state index is 14.6. The van der Waals surface area contributed by atoms with Gasteiger partial charge in [-0.1, -0.05) is 29.5 Å². The molecule has 3 fully saturated rings. The second-order valence-corrected chi connectivity index (χ2v) is 12.2. The van der Waals surface area contributed by atoms with Crippen molar-refractivity contribution in [1.82, 2.24) is 24.8 Å². The third kappa shape index (κ3) is 4.96. The fourth-order valence-corrected chi connectivity index (χ4v) is 7.67. The first kappa shape index (κ1) is 31.4. The predicted molar refractivity (Wildman–Crippen MR) is 171 cm³/mol. The molecule has 3 amide bonds. The average Bonchev–Trinajstić information content (AvgIpc) is 3.76. The number of aromatic nitrogens is 3. The van der Waals surface area contributed by atoms with E-state index in [1.165, 1.54) is 4.90 Å². The van der Waals surface area contributed by atoms with Crippen molar-refractivity contribution in [3.63, 3.8) is 0 Å². The first-order valence-electron chi connectivity index (χ1n) is 15.7. The molecule has 2 aromatic carbocycles. The summed E-state index contributed by atoms with van der Waals surface area (Å²) in [4.78, 5) is 48.1. The van der Waals surface area contributed by atoms with E-state index in [-0.39, 0.29) is 50.6 Å². The average molecular weight is 629 g/mol. The number of aliphatic hydroxyl groups is 1. The molecule has 0 radical (unpaired) electrons. The van der Waals surface area contributed by atoms with Gasteiger partial charge < -0.3 is 29.3 Å². The van der Waals surface area contributed by atoms with Crippen molar-refractivity contribution in [2.75, 3.05) is 37.7 Å². The third-order valence-corrected chi connectivity index (χ3v) is 9.54. The summed E-state index contributed by atoms with van der Waals surface area (Å²) < 4.78 is 14.0. The van der Waals surface area contributed by atoms with E-state index in [4.69, 9.17) is 9.47 Å². The van der Waals surface area contributed by atoms with Crippen molar-refractivity contribution in [2.24, 2.45) is 11.8 Å². The molecule has 2 bridgehead atoms. The van der Waals surface area contributed by atoms with E-state index < -0.39 is 29.1 Å². The maximum atomic E-state index is 14.6. The molecule has 2 unspecified atom stereocenters. The quantitative estimate of drug-likeness (QED) is 0.286. The van der Waals surface area contributed by atoms with Gasteiger partial charge in [-0.15, -0.1) is 18.3 Å². The number of anilines is 1. The number of likely N-dealkylation sites (tertiary alicyclic amines) is 1. The van der Waals surface area contributed by atoms with Crippen molar-refractivity contribution in [2.45, 2.75) is 50.6 Å². The zero-order chi connectivity index (χ0) is 32.6. The van der Waals surface area contributed by atoms with Crippen LogP contribution in [0.25, 0.3) is 11.0 Å². The summed E-state index contributed by atoms with van der Waals surface area (Å²) >= 11 is 0. The molecule has 12 nitrogen and oxygen atoms in total. The van der Waals surface area contributed by atoms with Crippen molar-refractivity contribution in [3.8, 4) is 5.75 Å². The monoisotopic (exact) mass is 628 g/mol. The largest absolute Gasteiger partial charge is 0.494 e. The topological polar surface area (TPSA) is 130 Å². The summed E-state index contributed by atoms with van der Waals surface area (Å²) in [7, 11) is 0. The number of hydrogen-bond donors (Lipinski definition) is 1. The minimum atomic E-state index is -1.25. The molecule has 3 aliphatic heterocycles. The number of benzene rings is 2. The van der Waals surface area contributed by atoms with E-state index in [0.29, 0.717) is 36.4 Å². The Hall–Kier alpha value is -4.55. The summed E-state index contributed by atoms with van der Waals surface area (Å²) in [6.07, 6.45) is 4.16. The van der Waals surface area contributed by atoms with E-state index in [0.717, 1.165) is 5.52 Å². The number of aliphatic hydroxyl groups excluding tert-OH is 1. The summed E-state index contributed by atoms with van der Waals surface area (Å²) in [5.74, 6) is -2.10. The standard InChI is InChI=1S/C34H40N6O6/c1-5-18-37(22-40-26-11-9-8-10-25(26)35-36-40)32(44)29-34-17-16-33(4,46-34)27(28(34)31(43)39(29)20-21-41)30(42)38(19-6-2)23-12-14-24(15-13-23)45-7-3/h5-6,8-15,27-29,41H,1-2,7,16-22H2,3-4H3/t27-,28-,29?,33+,34?/m0/s1. The third-order valence-electron chi connectivity index (χ3n) is 9.54. The molecule has 4 heterocycles. The Balaban J connectivity index is 1.36. The molecule has 1 aromatic heterocycles. The van der Waals surface area contributed by atoms with Gasteiger partial charge >= 0.3 is 0 Å². The highest BCUT2D eigenvalue weighted by molar-refractivity contribution is 6.03. The molecule has 1 spiro atoms. The van der Waals surface area contributed by atoms with E-state index in [2.05, 4.69) is 23.5 Å². The number of hydrogen-bond acceptors (Lipinski definition) is 8. The van der Waals surface area contributed by atoms with Gasteiger partial charge in [-0.3, -0.25) is 14.4 Å². The van der Waals surface area contributed by atoms with Gasteiger partial charge in [0.1, 0.15) is 29.6 Å². The van der Waals surface area contributed by atoms with Crippen LogP contribution >= 0.6 is 0 Å². The minimum Gasteiger partial charge on any atom is -0.494 e. The highest BCUT2D eigenvalue weighted by atomic mass is 16.5. The molecule has 242 valence electrons. The molecule has 0 saturated carbocycles. The predicted octanol–water partition coefficient (Wildman–Crippen LogP) is 2.78. The Morgan fingerprint density at radius 3 is 2.54 bits per heavy atom. The Morgan fingerprint density at radius 2 is 1.85 bits per heavy atom. The van der Waals surface area contributed by atoms with E-state index >= 15 is 0 Å². The zero-order valence-electron chi connectivity index (χ0n) is 26.2. The number of β-amino-alcohol motifs (C(OH)–C–C–N with tert-alkyl or cyclic N) is 1. The van der Waals surface area contributed by atoms with Gasteiger partial charge in [0.25, 0.3) is 0 Å². The molecule has 3 aliphatic rings. The molecule has 3 aromatic rings. The van der Waals surface area contributed by atoms with Gasteiger partial charge in [0.15, 0.2) is 0 Å². The fraction of sp³-hybridized carbons (Fsp3) is 0.441. The summed E-state index contributed by atoms with van der Waals surface area (Å²) in [6, 6.07) is 13.6. The van der Waals surface area contributed by atoms with Crippen molar-refractivity contribution >= 4 is 34.4 Å². The number of fused-ring (bicyclic) bond motifs is 2. The Labute approximate surface area is 267 Å². The molecule has 3 saturated heterocycles. The van der Waals surface area contributed by atoms with Crippen molar-refractivity contribution in [3.05, 3.63) is 73.8 Å². The number of para-hydroxylation sites is 1. The molecular weight excluding hydrogens is 588 g/mol. The number of rotatable bonds is 13. The number of nitrogens with zero attached hydrogens (tertiary/aromatic N) is 6. The lowest BCUT2D eigenvalue weighted by Crippen LogP contribution is -2.57. The lowest BCUT2D eigenvalue weighted by molar-refractivity contribution is -0.152. The zero-order valence-corrected chi connectivity index (χ0v) is 26.2. The molecular formula is C34H40N6O6. The summed E-state index contributed by atoms with van der Waals surface area (Å²) in [5.41, 5.74) is -0.147. The molecule has 5 atom stereocenters. The second kappa shape index (κ2) is 12.3. The maximum Gasteiger partial charge on any atom is 0.250 e. The van der Waals surface area contributed by atoms with E-state index in [1.807, 2.05) is 38.1 Å². The van der Waals surface area contributed by atoms with Gasteiger partial charge in [-0.05, 0) is 63.1 Å². The van der Waals surface area contributed by atoms with Crippen LogP contribution in [0.3, 0.4) is 0 Å². The first-order valence-corrected chi connectivity index (χ1v) is 15.7. The van der Waals surface area contributed by atoms with Crippen LogP contribution in [-0.4, -0.2) is 97.7 Å². The van der Waals surface area contributed by atoms with Gasteiger partial charge in [0.05, 0.1) is 36.2 Å². The van der Waals surface area contributed by atoms with E-state index in [9.17, 15) is 19.5 Å². The van der Waals surface area contributed by atoms with E-state index in [1.54, 1.807) is 50.9 Å². The molecule has 0 aliphatic carbocycles. The smallest absolute Gasteiger partial charge is 0.250 e. The summed E-state index contributed by atoms with van der Waals surface area (Å²) in [6.45, 7) is 12.0. The first-order chi connectivity index (χ1) is 22.2.